The van der Waals surface area contributed by atoms with E-state index in [2.05, 4.69) is 16.6 Å². The molecule has 0 radical (unpaired) electrons. The summed E-state index contributed by atoms with van der Waals surface area (Å²) in [5.41, 5.74) is 0. The van der Waals surface area contributed by atoms with Gasteiger partial charge in [-0.25, -0.2) is 4.79 Å². The van der Waals surface area contributed by atoms with Crippen LogP contribution in [-0.2, 0) is 9.53 Å². The zero-order chi connectivity index (χ0) is 8.53. The minimum absolute atomic E-state index is 0.330. The van der Waals surface area contributed by atoms with Crippen molar-refractivity contribution in [3.05, 3.63) is 24.9 Å². The lowest BCUT2D eigenvalue weighted by Crippen LogP contribution is -2.06. The van der Waals surface area contributed by atoms with Crippen LogP contribution in [0.1, 0.15) is 6.92 Å². The summed E-state index contributed by atoms with van der Waals surface area (Å²) >= 11 is 0. The van der Waals surface area contributed by atoms with Crippen molar-refractivity contribution < 1.29 is 9.53 Å². The summed E-state index contributed by atoms with van der Waals surface area (Å²) in [7, 11) is 0. The van der Waals surface area contributed by atoms with Gasteiger partial charge in [-0.1, -0.05) is 6.08 Å². The summed E-state index contributed by atoms with van der Waals surface area (Å²) < 4.78 is 4.63. The molecule has 0 rings (SSSR count). The number of rotatable bonds is 5. The molecule has 0 atom stereocenters. The normalized spacial score (nSPS) is 9.55. The molecule has 0 aromatic heterocycles. The van der Waals surface area contributed by atoms with Crippen LogP contribution in [0.15, 0.2) is 24.9 Å². The van der Waals surface area contributed by atoms with Gasteiger partial charge in [0, 0.05) is 18.8 Å². The summed E-state index contributed by atoms with van der Waals surface area (Å²) in [5, 5.41) is 2.82. The Morgan fingerprint density at radius 3 is 3.00 bits per heavy atom. The highest BCUT2D eigenvalue weighted by Crippen LogP contribution is 1.78. The van der Waals surface area contributed by atoms with Crippen LogP contribution < -0.4 is 5.32 Å². The standard InChI is InChI=1S/C8H13NO2/c1-3-6-9-7-5-8(10)11-4-2/h3,5,7,9H,1,4,6H2,2H3/b7-5-. The number of carbonyl (C=O) groups is 1. The number of esters is 1. The Kier molecular flexibility index (Phi) is 6.08. The fourth-order valence-electron chi connectivity index (χ4n) is 0.469. The second-order valence-electron chi connectivity index (χ2n) is 1.78. The van der Waals surface area contributed by atoms with E-state index in [4.69, 9.17) is 0 Å². The average molecular weight is 155 g/mol. The van der Waals surface area contributed by atoms with Crippen molar-refractivity contribution in [3.63, 3.8) is 0 Å². The maximum absolute atomic E-state index is 10.6. The number of hydrogen-bond acceptors (Lipinski definition) is 3. The molecule has 0 bridgehead atoms. The molecule has 3 heteroatoms. The summed E-state index contributed by atoms with van der Waals surface area (Å²) in [5.74, 6) is -0.330. The molecule has 11 heavy (non-hydrogen) atoms. The van der Waals surface area contributed by atoms with Crippen molar-refractivity contribution in [1.82, 2.24) is 5.32 Å². The zero-order valence-electron chi connectivity index (χ0n) is 6.67. The molecule has 0 fully saturated rings. The van der Waals surface area contributed by atoms with Crippen LogP contribution in [0.25, 0.3) is 0 Å². The molecule has 0 saturated carbocycles. The van der Waals surface area contributed by atoms with Crippen LogP contribution in [0.2, 0.25) is 0 Å². The molecule has 62 valence electrons. The second-order valence-corrected chi connectivity index (χ2v) is 1.78. The topological polar surface area (TPSA) is 38.3 Å². The number of ether oxygens (including phenoxy) is 1. The van der Waals surface area contributed by atoms with E-state index in [1.165, 1.54) is 6.08 Å². The Morgan fingerprint density at radius 2 is 2.45 bits per heavy atom. The molecule has 0 saturated heterocycles. The molecule has 0 aliphatic carbocycles. The van der Waals surface area contributed by atoms with Crippen molar-refractivity contribution in [1.29, 1.82) is 0 Å². The summed E-state index contributed by atoms with van der Waals surface area (Å²) in [6.45, 7) is 6.32. The van der Waals surface area contributed by atoms with E-state index >= 15 is 0 Å². The van der Waals surface area contributed by atoms with Crippen LogP contribution in [-0.4, -0.2) is 19.1 Å². The molecule has 0 amide bonds. The van der Waals surface area contributed by atoms with Crippen LogP contribution >= 0.6 is 0 Å². The van der Waals surface area contributed by atoms with E-state index in [1.54, 1.807) is 19.2 Å². The SMILES string of the molecule is C=CCN/C=C\C(=O)OCC. The Balaban J connectivity index is 3.39. The predicted octanol–water partition coefficient (Wildman–Crippen LogP) is 0.839. The maximum Gasteiger partial charge on any atom is 0.332 e. The van der Waals surface area contributed by atoms with E-state index in [0.29, 0.717) is 13.2 Å². The molecule has 0 unspecified atom stereocenters. The van der Waals surface area contributed by atoms with Crippen molar-refractivity contribution in [2.45, 2.75) is 6.92 Å². The third-order valence-corrected chi connectivity index (χ3v) is 0.886. The molecular weight excluding hydrogens is 142 g/mol. The van der Waals surface area contributed by atoms with Crippen LogP contribution in [0.5, 0.6) is 0 Å². The molecule has 0 aliphatic rings. The van der Waals surface area contributed by atoms with Gasteiger partial charge in [-0.3, -0.25) is 0 Å². The van der Waals surface area contributed by atoms with Gasteiger partial charge in [0.15, 0.2) is 0 Å². The molecule has 0 aromatic rings. The summed E-state index contributed by atoms with van der Waals surface area (Å²) in [4.78, 5) is 10.6. The smallest absolute Gasteiger partial charge is 0.332 e. The monoisotopic (exact) mass is 155 g/mol. The second kappa shape index (κ2) is 6.86. The molecule has 1 N–H and O–H groups in total. The van der Waals surface area contributed by atoms with Crippen molar-refractivity contribution >= 4 is 5.97 Å². The fourth-order valence-corrected chi connectivity index (χ4v) is 0.469. The first-order chi connectivity index (χ1) is 5.31. The first-order valence-electron chi connectivity index (χ1n) is 3.48. The highest BCUT2D eigenvalue weighted by atomic mass is 16.5. The van der Waals surface area contributed by atoms with Crippen LogP contribution in [0.3, 0.4) is 0 Å². The Bertz CT molecular complexity index is 152. The van der Waals surface area contributed by atoms with Gasteiger partial charge < -0.3 is 10.1 Å². The molecule has 0 spiro atoms. The number of nitrogens with one attached hydrogen (secondary N) is 1. The van der Waals surface area contributed by atoms with Gasteiger partial charge in [0.2, 0.25) is 0 Å². The lowest BCUT2D eigenvalue weighted by Gasteiger charge is -1.95. The quantitative estimate of drug-likeness (QED) is 0.277. The molecule has 0 aromatic carbocycles. The van der Waals surface area contributed by atoms with Gasteiger partial charge in [-0.15, -0.1) is 6.58 Å². The molecule has 3 nitrogen and oxygen atoms in total. The minimum Gasteiger partial charge on any atom is -0.463 e. The van der Waals surface area contributed by atoms with Gasteiger partial charge in [-0.05, 0) is 6.92 Å². The number of carbonyl (C=O) groups excluding carboxylic acids is 1. The fraction of sp³-hybridized carbons (Fsp3) is 0.375. The lowest BCUT2D eigenvalue weighted by atomic mass is 10.6. The van der Waals surface area contributed by atoms with E-state index < -0.39 is 0 Å². The Labute approximate surface area is 66.7 Å². The van der Waals surface area contributed by atoms with Crippen molar-refractivity contribution in [2.24, 2.45) is 0 Å². The molecule has 0 heterocycles. The number of hydrogen-bond donors (Lipinski definition) is 1. The van der Waals surface area contributed by atoms with Gasteiger partial charge in [0.1, 0.15) is 0 Å². The van der Waals surface area contributed by atoms with Gasteiger partial charge in [-0.2, -0.15) is 0 Å². The van der Waals surface area contributed by atoms with E-state index in [-0.39, 0.29) is 5.97 Å². The highest BCUT2D eigenvalue weighted by molar-refractivity contribution is 5.81. The summed E-state index contributed by atoms with van der Waals surface area (Å²) in [6.07, 6.45) is 4.59. The van der Waals surface area contributed by atoms with Crippen LogP contribution in [0.4, 0.5) is 0 Å². The minimum atomic E-state index is -0.330. The summed E-state index contributed by atoms with van der Waals surface area (Å²) in [6, 6.07) is 0. The predicted molar refractivity (Wildman–Crippen MR) is 44.0 cm³/mol. The lowest BCUT2D eigenvalue weighted by molar-refractivity contribution is -0.137. The van der Waals surface area contributed by atoms with Gasteiger partial charge >= 0.3 is 5.97 Å². The Hall–Kier alpha value is -1.25. The zero-order valence-corrected chi connectivity index (χ0v) is 6.67. The largest absolute Gasteiger partial charge is 0.463 e. The van der Waals surface area contributed by atoms with E-state index in [1.807, 2.05) is 0 Å². The van der Waals surface area contributed by atoms with Crippen molar-refractivity contribution in [3.8, 4) is 0 Å². The Morgan fingerprint density at radius 1 is 1.73 bits per heavy atom. The van der Waals surface area contributed by atoms with E-state index in [9.17, 15) is 4.79 Å². The molecular formula is C8H13NO2. The van der Waals surface area contributed by atoms with Crippen LogP contribution in [0, 0.1) is 0 Å². The van der Waals surface area contributed by atoms with Gasteiger partial charge in [0.25, 0.3) is 0 Å². The third kappa shape index (κ3) is 6.64. The van der Waals surface area contributed by atoms with Gasteiger partial charge in [0.05, 0.1) is 6.61 Å². The third-order valence-electron chi connectivity index (χ3n) is 0.886. The van der Waals surface area contributed by atoms with Crippen molar-refractivity contribution in [2.75, 3.05) is 13.2 Å². The maximum atomic E-state index is 10.6. The van der Waals surface area contributed by atoms with E-state index in [0.717, 1.165) is 0 Å². The molecule has 0 aliphatic heterocycles. The first-order valence-corrected chi connectivity index (χ1v) is 3.48. The average Bonchev–Trinajstić information content (AvgIpc) is 1.99. The first kappa shape index (κ1) is 9.75. The highest BCUT2D eigenvalue weighted by Gasteiger charge is 1.90.